The Labute approximate surface area is 157 Å². The number of imidazole rings is 1. The molecule has 1 atom stereocenters. The SMILES string of the molecule is CCn1ccnc1CN1CCC[C@H]1c1cncc(Oc2ccc(F)cc2)n1. The molecule has 27 heavy (non-hydrogen) atoms. The van der Waals surface area contributed by atoms with Crippen LogP contribution in [-0.2, 0) is 13.1 Å². The van der Waals surface area contributed by atoms with Crippen LogP contribution in [0.4, 0.5) is 4.39 Å². The van der Waals surface area contributed by atoms with Crippen LogP contribution in [0, 0.1) is 5.82 Å². The van der Waals surface area contributed by atoms with Gasteiger partial charge >= 0.3 is 0 Å². The molecule has 6 nitrogen and oxygen atoms in total. The molecule has 0 unspecified atom stereocenters. The largest absolute Gasteiger partial charge is 0.437 e. The molecule has 4 rings (SSSR count). The van der Waals surface area contributed by atoms with Gasteiger partial charge in [-0.3, -0.25) is 9.88 Å². The first-order valence-corrected chi connectivity index (χ1v) is 9.22. The van der Waals surface area contributed by atoms with Crippen molar-refractivity contribution < 1.29 is 9.13 Å². The maximum Gasteiger partial charge on any atom is 0.238 e. The molecule has 0 bridgehead atoms. The maximum atomic E-state index is 13.1. The lowest BCUT2D eigenvalue weighted by Crippen LogP contribution is -2.25. The smallest absolute Gasteiger partial charge is 0.238 e. The molecule has 1 aliphatic heterocycles. The van der Waals surface area contributed by atoms with Gasteiger partial charge in [-0.2, -0.15) is 0 Å². The quantitative estimate of drug-likeness (QED) is 0.660. The number of hydrogen-bond donors (Lipinski definition) is 0. The highest BCUT2D eigenvalue weighted by Crippen LogP contribution is 2.32. The van der Waals surface area contributed by atoms with Crippen LogP contribution in [0.2, 0.25) is 0 Å². The van der Waals surface area contributed by atoms with Crippen LogP contribution in [0.5, 0.6) is 11.6 Å². The van der Waals surface area contributed by atoms with Gasteiger partial charge in [-0.15, -0.1) is 0 Å². The zero-order valence-corrected chi connectivity index (χ0v) is 15.3. The first kappa shape index (κ1) is 17.6. The van der Waals surface area contributed by atoms with Crippen molar-refractivity contribution in [1.29, 1.82) is 0 Å². The van der Waals surface area contributed by atoms with Gasteiger partial charge < -0.3 is 9.30 Å². The highest BCUT2D eigenvalue weighted by molar-refractivity contribution is 5.26. The molecule has 1 aliphatic rings. The number of ether oxygens (including phenoxy) is 1. The summed E-state index contributed by atoms with van der Waals surface area (Å²) in [4.78, 5) is 15.8. The summed E-state index contributed by atoms with van der Waals surface area (Å²) in [6.07, 6.45) is 9.38. The molecule has 1 aromatic carbocycles. The Bertz CT molecular complexity index is 895. The Hall–Kier alpha value is -2.80. The van der Waals surface area contributed by atoms with Crippen LogP contribution in [0.1, 0.15) is 37.3 Å². The number of aromatic nitrogens is 4. The van der Waals surface area contributed by atoms with Crippen molar-refractivity contribution in [3.8, 4) is 11.6 Å². The molecule has 0 radical (unpaired) electrons. The van der Waals surface area contributed by atoms with Crippen molar-refractivity contribution in [2.24, 2.45) is 0 Å². The third kappa shape index (κ3) is 3.98. The second-order valence-electron chi connectivity index (χ2n) is 6.60. The van der Waals surface area contributed by atoms with Crippen LogP contribution in [-0.4, -0.2) is 31.0 Å². The monoisotopic (exact) mass is 367 g/mol. The number of rotatable bonds is 6. The van der Waals surface area contributed by atoms with E-state index in [1.807, 2.05) is 12.4 Å². The van der Waals surface area contributed by atoms with Crippen molar-refractivity contribution in [2.75, 3.05) is 6.54 Å². The minimum Gasteiger partial charge on any atom is -0.437 e. The summed E-state index contributed by atoms with van der Waals surface area (Å²) in [6.45, 7) is 4.82. The van der Waals surface area contributed by atoms with E-state index in [9.17, 15) is 4.39 Å². The molecule has 3 aromatic rings. The lowest BCUT2D eigenvalue weighted by molar-refractivity contribution is 0.233. The second-order valence-corrected chi connectivity index (χ2v) is 6.60. The number of benzene rings is 1. The zero-order chi connectivity index (χ0) is 18.6. The second kappa shape index (κ2) is 7.84. The fourth-order valence-corrected chi connectivity index (χ4v) is 3.51. The van der Waals surface area contributed by atoms with E-state index < -0.39 is 0 Å². The summed E-state index contributed by atoms with van der Waals surface area (Å²) in [7, 11) is 0. The maximum absolute atomic E-state index is 13.1. The molecular formula is C20H22FN5O. The number of nitrogens with zero attached hydrogens (tertiary/aromatic N) is 5. The third-order valence-corrected chi connectivity index (χ3v) is 4.86. The predicted octanol–water partition coefficient (Wildman–Crippen LogP) is 3.96. The molecule has 2 aromatic heterocycles. The van der Waals surface area contributed by atoms with E-state index in [-0.39, 0.29) is 11.9 Å². The normalized spacial score (nSPS) is 17.3. The topological polar surface area (TPSA) is 56.1 Å². The molecule has 0 amide bonds. The Balaban J connectivity index is 1.51. The van der Waals surface area contributed by atoms with Crippen molar-refractivity contribution in [2.45, 2.75) is 38.9 Å². The summed E-state index contributed by atoms with van der Waals surface area (Å²) in [5.74, 6) is 1.72. The Morgan fingerprint density at radius 1 is 1.22 bits per heavy atom. The average Bonchev–Trinajstić information content (AvgIpc) is 3.33. The Morgan fingerprint density at radius 3 is 2.89 bits per heavy atom. The molecule has 0 saturated carbocycles. The van der Waals surface area contributed by atoms with E-state index in [0.29, 0.717) is 11.6 Å². The van der Waals surface area contributed by atoms with E-state index in [0.717, 1.165) is 44.0 Å². The molecule has 1 fully saturated rings. The average molecular weight is 367 g/mol. The van der Waals surface area contributed by atoms with Gasteiger partial charge in [0.2, 0.25) is 5.88 Å². The van der Waals surface area contributed by atoms with Gasteiger partial charge in [-0.25, -0.2) is 14.4 Å². The van der Waals surface area contributed by atoms with Crippen LogP contribution in [0.15, 0.2) is 49.1 Å². The molecule has 0 aliphatic carbocycles. The summed E-state index contributed by atoms with van der Waals surface area (Å²) in [5, 5.41) is 0. The Kier molecular flexibility index (Phi) is 5.11. The highest BCUT2D eigenvalue weighted by atomic mass is 19.1. The van der Waals surface area contributed by atoms with Crippen LogP contribution in [0.25, 0.3) is 0 Å². The standard InChI is InChI=1S/C20H22FN5O/c1-2-25-11-9-23-19(25)14-26-10-3-4-18(26)17-12-22-13-20(24-17)27-16-7-5-15(21)6-8-16/h5-9,11-13,18H,2-4,10,14H2,1H3/t18-/m0/s1. The molecule has 7 heteroatoms. The van der Waals surface area contributed by atoms with Crippen LogP contribution < -0.4 is 4.74 Å². The summed E-state index contributed by atoms with van der Waals surface area (Å²) >= 11 is 0. The minimum absolute atomic E-state index is 0.191. The Morgan fingerprint density at radius 2 is 2.07 bits per heavy atom. The number of aryl methyl sites for hydroxylation is 1. The van der Waals surface area contributed by atoms with Gasteiger partial charge in [-0.05, 0) is 50.6 Å². The van der Waals surface area contributed by atoms with Gasteiger partial charge in [0, 0.05) is 18.9 Å². The van der Waals surface area contributed by atoms with Gasteiger partial charge in [0.15, 0.2) is 0 Å². The molecule has 140 valence electrons. The zero-order valence-electron chi connectivity index (χ0n) is 15.3. The van der Waals surface area contributed by atoms with Gasteiger partial charge in [-0.1, -0.05) is 0 Å². The van der Waals surface area contributed by atoms with Gasteiger partial charge in [0.1, 0.15) is 17.4 Å². The molecule has 3 heterocycles. The minimum atomic E-state index is -0.297. The fourth-order valence-electron chi connectivity index (χ4n) is 3.51. The fraction of sp³-hybridized carbons (Fsp3) is 0.350. The molecule has 0 spiro atoms. The van der Waals surface area contributed by atoms with Crippen molar-refractivity contribution in [3.63, 3.8) is 0 Å². The van der Waals surface area contributed by atoms with E-state index >= 15 is 0 Å². The van der Waals surface area contributed by atoms with Gasteiger partial charge in [0.05, 0.1) is 30.7 Å². The van der Waals surface area contributed by atoms with Crippen molar-refractivity contribution >= 4 is 0 Å². The highest BCUT2D eigenvalue weighted by Gasteiger charge is 2.28. The number of likely N-dealkylation sites (tertiary alicyclic amines) is 1. The lowest BCUT2D eigenvalue weighted by atomic mass is 10.1. The van der Waals surface area contributed by atoms with Gasteiger partial charge in [0.25, 0.3) is 0 Å². The molecule has 0 N–H and O–H groups in total. The number of halogens is 1. The van der Waals surface area contributed by atoms with E-state index in [2.05, 4.69) is 31.3 Å². The summed E-state index contributed by atoms with van der Waals surface area (Å²) < 4.78 is 20.9. The first-order valence-electron chi connectivity index (χ1n) is 9.22. The summed E-state index contributed by atoms with van der Waals surface area (Å²) in [6, 6.07) is 6.07. The predicted molar refractivity (Wildman–Crippen MR) is 98.8 cm³/mol. The van der Waals surface area contributed by atoms with Crippen LogP contribution in [0.3, 0.4) is 0 Å². The number of hydrogen-bond acceptors (Lipinski definition) is 5. The summed E-state index contributed by atoms with van der Waals surface area (Å²) in [5.41, 5.74) is 0.890. The van der Waals surface area contributed by atoms with Crippen LogP contribution >= 0.6 is 0 Å². The van der Waals surface area contributed by atoms with Crippen molar-refractivity contribution in [1.82, 2.24) is 24.4 Å². The van der Waals surface area contributed by atoms with E-state index in [1.54, 1.807) is 24.5 Å². The lowest BCUT2D eigenvalue weighted by Gasteiger charge is -2.24. The van der Waals surface area contributed by atoms with E-state index in [4.69, 9.17) is 4.74 Å². The molecule has 1 saturated heterocycles. The first-order chi connectivity index (χ1) is 13.2. The van der Waals surface area contributed by atoms with Crippen molar-refractivity contribution in [3.05, 3.63) is 66.4 Å². The third-order valence-electron chi connectivity index (χ3n) is 4.86. The molecular weight excluding hydrogens is 345 g/mol. The van der Waals surface area contributed by atoms with E-state index in [1.165, 1.54) is 12.1 Å².